The van der Waals surface area contributed by atoms with Gasteiger partial charge in [0.15, 0.2) is 0 Å². The maximum absolute atomic E-state index is 12.3. The van der Waals surface area contributed by atoms with Crippen LogP contribution in [0.3, 0.4) is 0 Å². The zero-order valence-electron chi connectivity index (χ0n) is 17.0. The number of carbonyl (C=O) groups excluding carboxylic acids is 1. The molecule has 1 aromatic rings. The highest BCUT2D eigenvalue weighted by Crippen LogP contribution is 2.37. The summed E-state index contributed by atoms with van der Waals surface area (Å²) in [6.45, 7) is 2.60. The van der Waals surface area contributed by atoms with E-state index in [1.54, 1.807) is 0 Å². The average molecular weight is 386 g/mol. The molecule has 2 unspecified atom stereocenters. The van der Waals surface area contributed by atoms with Crippen LogP contribution in [0.15, 0.2) is 30.3 Å². The molecule has 5 nitrogen and oxygen atoms in total. The first-order chi connectivity index (χ1) is 13.7. The van der Waals surface area contributed by atoms with Crippen LogP contribution in [0.4, 0.5) is 5.69 Å². The Morgan fingerprint density at radius 1 is 1.07 bits per heavy atom. The third-order valence-corrected chi connectivity index (χ3v) is 7.09. The van der Waals surface area contributed by atoms with Crippen molar-refractivity contribution in [1.29, 1.82) is 0 Å². The van der Waals surface area contributed by atoms with Gasteiger partial charge in [-0.25, -0.2) is 0 Å². The van der Waals surface area contributed by atoms with E-state index in [2.05, 4.69) is 27.2 Å². The van der Waals surface area contributed by atoms with Gasteiger partial charge in [0, 0.05) is 37.7 Å². The number of hydrogen-bond donors (Lipinski definition) is 2. The van der Waals surface area contributed by atoms with Crippen LogP contribution in [0, 0.1) is 5.92 Å². The topological polar surface area (TPSA) is 55.8 Å². The Hall–Kier alpha value is -1.59. The molecule has 2 atom stereocenters. The molecule has 1 amide bonds. The summed E-state index contributed by atoms with van der Waals surface area (Å²) in [6.07, 6.45) is 11.2. The molecule has 0 radical (unpaired) electrons. The summed E-state index contributed by atoms with van der Waals surface area (Å²) in [5, 5.41) is 13.5. The minimum absolute atomic E-state index is 0.0917. The first kappa shape index (κ1) is 19.7. The number of amides is 1. The van der Waals surface area contributed by atoms with Crippen LogP contribution < -0.4 is 10.2 Å². The van der Waals surface area contributed by atoms with E-state index in [0.717, 1.165) is 37.5 Å². The van der Waals surface area contributed by atoms with Crippen molar-refractivity contribution in [3.05, 3.63) is 30.3 Å². The zero-order chi connectivity index (χ0) is 19.4. The number of para-hydroxylation sites is 1. The van der Waals surface area contributed by atoms with Crippen molar-refractivity contribution in [3.63, 3.8) is 0 Å². The Labute approximate surface area is 169 Å². The van der Waals surface area contributed by atoms with E-state index < -0.39 is 0 Å². The Bertz CT molecular complexity index is 645. The van der Waals surface area contributed by atoms with Gasteiger partial charge in [0.2, 0.25) is 5.91 Å². The maximum atomic E-state index is 12.3. The number of piperidine rings is 1. The summed E-state index contributed by atoms with van der Waals surface area (Å²) >= 11 is 0. The van der Waals surface area contributed by atoms with Crippen LogP contribution in [0.2, 0.25) is 0 Å². The lowest BCUT2D eigenvalue weighted by Crippen LogP contribution is -2.62. The molecule has 4 rings (SSSR count). The molecule has 1 saturated carbocycles. The highest BCUT2D eigenvalue weighted by atomic mass is 16.3. The lowest BCUT2D eigenvalue weighted by atomic mass is 9.86. The van der Waals surface area contributed by atoms with E-state index in [1.807, 2.05) is 18.2 Å². The van der Waals surface area contributed by atoms with Gasteiger partial charge in [0.05, 0.1) is 13.2 Å². The molecule has 3 fully saturated rings. The highest BCUT2D eigenvalue weighted by molar-refractivity contribution is 5.86. The number of rotatable bonds is 4. The molecule has 3 aliphatic rings. The van der Waals surface area contributed by atoms with Crippen LogP contribution in [0.1, 0.15) is 57.8 Å². The van der Waals surface area contributed by atoms with Crippen molar-refractivity contribution in [2.45, 2.75) is 69.5 Å². The van der Waals surface area contributed by atoms with E-state index >= 15 is 0 Å². The fraction of sp³-hybridized carbons (Fsp3) is 0.696. The SMILES string of the molecule is O=C1CN(c2ccccc2)C2(CCN(CC3CCCCCCC3)C(CO)C2)N1. The van der Waals surface area contributed by atoms with Crippen LogP contribution in [-0.4, -0.2) is 53.9 Å². The number of carbonyl (C=O) groups is 1. The van der Waals surface area contributed by atoms with E-state index in [0.29, 0.717) is 6.54 Å². The quantitative estimate of drug-likeness (QED) is 0.836. The molecule has 1 spiro atoms. The highest BCUT2D eigenvalue weighted by Gasteiger charge is 2.49. The third kappa shape index (κ3) is 4.20. The van der Waals surface area contributed by atoms with Gasteiger partial charge in [0.1, 0.15) is 5.66 Å². The van der Waals surface area contributed by atoms with Crippen LogP contribution in [0.25, 0.3) is 0 Å². The van der Waals surface area contributed by atoms with Gasteiger partial charge in [0.25, 0.3) is 0 Å². The van der Waals surface area contributed by atoms with Gasteiger partial charge in [-0.2, -0.15) is 0 Å². The molecular formula is C23H35N3O2. The summed E-state index contributed by atoms with van der Waals surface area (Å²) in [4.78, 5) is 17.1. The van der Waals surface area contributed by atoms with Gasteiger partial charge in [-0.05, 0) is 30.9 Å². The number of anilines is 1. The molecule has 2 aliphatic heterocycles. The van der Waals surface area contributed by atoms with Crippen molar-refractivity contribution >= 4 is 11.6 Å². The Morgan fingerprint density at radius 2 is 1.79 bits per heavy atom. The zero-order valence-corrected chi connectivity index (χ0v) is 17.0. The van der Waals surface area contributed by atoms with Gasteiger partial charge in [-0.1, -0.05) is 50.3 Å². The van der Waals surface area contributed by atoms with Crippen molar-refractivity contribution in [2.24, 2.45) is 5.92 Å². The summed E-state index contributed by atoms with van der Waals surface area (Å²) in [7, 11) is 0. The lowest BCUT2D eigenvalue weighted by molar-refractivity contribution is -0.119. The van der Waals surface area contributed by atoms with Gasteiger partial charge >= 0.3 is 0 Å². The van der Waals surface area contributed by atoms with Gasteiger partial charge in [-0.15, -0.1) is 0 Å². The molecule has 2 heterocycles. The largest absolute Gasteiger partial charge is 0.395 e. The summed E-state index contributed by atoms with van der Waals surface area (Å²) in [6, 6.07) is 10.3. The Morgan fingerprint density at radius 3 is 2.50 bits per heavy atom. The fourth-order valence-electron chi connectivity index (χ4n) is 5.57. The first-order valence-electron chi connectivity index (χ1n) is 11.2. The molecule has 0 aromatic heterocycles. The van der Waals surface area contributed by atoms with Crippen molar-refractivity contribution < 1.29 is 9.90 Å². The molecule has 2 saturated heterocycles. The number of aliphatic hydroxyl groups excluding tert-OH is 1. The second-order valence-corrected chi connectivity index (χ2v) is 9.00. The summed E-state index contributed by atoms with van der Waals surface area (Å²) in [5.74, 6) is 0.848. The summed E-state index contributed by atoms with van der Waals surface area (Å²) < 4.78 is 0. The molecule has 28 heavy (non-hydrogen) atoms. The molecule has 2 N–H and O–H groups in total. The average Bonchev–Trinajstić information content (AvgIpc) is 3.01. The van der Waals surface area contributed by atoms with E-state index in [1.165, 1.54) is 44.9 Å². The second kappa shape index (κ2) is 8.83. The summed E-state index contributed by atoms with van der Waals surface area (Å²) in [5.41, 5.74) is 0.731. The van der Waals surface area contributed by atoms with E-state index in [4.69, 9.17) is 0 Å². The van der Waals surface area contributed by atoms with Gasteiger partial charge in [-0.3, -0.25) is 9.69 Å². The maximum Gasteiger partial charge on any atom is 0.241 e. The van der Waals surface area contributed by atoms with Crippen molar-refractivity contribution in [3.8, 4) is 0 Å². The van der Waals surface area contributed by atoms with Crippen LogP contribution in [-0.2, 0) is 4.79 Å². The number of benzene rings is 1. The number of nitrogens with one attached hydrogen (secondary N) is 1. The van der Waals surface area contributed by atoms with Crippen molar-refractivity contribution in [1.82, 2.24) is 10.2 Å². The van der Waals surface area contributed by atoms with Gasteiger partial charge < -0.3 is 15.3 Å². The number of likely N-dealkylation sites (tertiary alicyclic amines) is 1. The fourth-order valence-corrected chi connectivity index (χ4v) is 5.57. The normalized spacial score (nSPS) is 30.2. The standard InChI is InChI=1S/C23H35N3O2/c27-18-21-15-23(24-22(28)17-26(23)20-11-7-4-8-12-20)13-14-25(21)16-19-9-5-2-1-3-6-10-19/h4,7-8,11-12,19,21,27H,1-3,5-6,9-10,13-18H2,(H,24,28). The van der Waals surface area contributed by atoms with E-state index in [-0.39, 0.29) is 24.2 Å². The molecule has 0 bridgehead atoms. The minimum Gasteiger partial charge on any atom is -0.395 e. The van der Waals surface area contributed by atoms with Crippen molar-refractivity contribution in [2.75, 3.05) is 31.1 Å². The Balaban J connectivity index is 1.46. The van der Waals surface area contributed by atoms with Crippen LogP contribution >= 0.6 is 0 Å². The van der Waals surface area contributed by atoms with E-state index in [9.17, 15) is 9.90 Å². The number of aliphatic hydroxyl groups is 1. The molecule has 154 valence electrons. The lowest BCUT2D eigenvalue weighted by Gasteiger charge is -2.49. The first-order valence-corrected chi connectivity index (χ1v) is 11.2. The number of hydrogen-bond acceptors (Lipinski definition) is 4. The minimum atomic E-state index is -0.358. The molecule has 1 aliphatic carbocycles. The smallest absolute Gasteiger partial charge is 0.241 e. The Kier molecular flexibility index (Phi) is 6.22. The molecule has 5 heteroatoms. The predicted octanol–water partition coefficient (Wildman–Crippen LogP) is 3.14. The number of nitrogens with zero attached hydrogens (tertiary/aromatic N) is 2. The monoisotopic (exact) mass is 385 g/mol. The predicted molar refractivity (Wildman–Crippen MR) is 112 cm³/mol. The third-order valence-electron chi connectivity index (χ3n) is 7.09. The second-order valence-electron chi connectivity index (χ2n) is 9.00. The molecular weight excluding hydrogens is 350 g/mol. The van der Waals surface area contributed by atoms with Crippen LogP contribution in [0.5, 0.6) is 0 Å². The molecule has 1 aromatic carbocycles.